The molecule has 1 aliphatic carbocycles. The first-order valence-electron chi connectivity index (χ1n) is 7.00. The average molecular weight is 240 g/mol. The van der Waals surface area contributed by atoms with Gasteiger partial charge in [0.25, 0.3) is 0 Å². The molecular formula is C13H28N4. The maximum absolute atomic E-state index is 4.66. The van der Waals surface area contributed by atoms with E-state index < -0.39 is 0 Å². The molecule has 4 heteroatoms. The maximum atomic E-state index is 4.66. The van der Waals surface area contributed by atoms with E-state index in [1.165, 1.54) is 12.8 Å². The fourth-order valence-electron chi connectivity index (χ4n) is 1.93. The van der Waals surface area contributed by atoms with E-state index in [9.17, 15) is 0 Å². The molecule has 4 nitrogen and oxygen atoms in total. The van der Waals surface area contributed by atoms with Crippen molar-refractivity contribution in [3.8, 4) is 0 Å². The van der Waals surface area contributed by atoms with Gasteiger partial charge < -0.3 is 10.6 Å². The Morgan fingerprint density at radius 2 is 1.94 bits per heavy atom. The van der Waals surface area contributed by atoms with E-state index in [1.807, 2.05) is 0 Å². The van der Waals surface area contributed by atoms with Gasteiger partial charge in [0.15, 0.2) is 5.96 Å². The molecule has 100 valence electrons. The molecule has 0 aromatic heterocycles. The lowest BCUT2D eigenvalue weighted by Crippen LogP contribution is -2.40. The highest BCUT2D eigenvalue weighted by molar-refractivity contribution is 5.80. The topological polar surface area (TPSA) is 39.7 Å². The highest BCUT2D eigenvalue weighted by atomic mass is 15.2. The Morgan fingerprint density at radius 3 is 2.41 bits per heavy atom. The van der Waals surface area contributed by atoms with Crippen LogP contribution < -0.4 is 10.6 Å². The van der Waals surface area contributed by atoms with E-state index in [-0.39, 0.29) is 0 Å². The van der Waals surface area contributed by atoms with E-state index in [4.69, 9.17) is 0 Å². The van der Waals surface area contributed by atoms with Crippen molar-refractivity contribution in [3.05, 3.63) is 0 Å². The number of aliphatic imine (C=N–C) groups is 1. The first-order chi connectivity index (χ1) is 8.21. The summed E-state index contributed by atoms with van der Waals surface area (Å²) in [6.45, 7) is 12.8. The van der Waals surface area contributed by atoms with Gasteiger partial charge in [0.05, 0.1) is 6.54 Å². The molecule has 1 aliphatic rings. The summed E-state index contributed by atoms with van der Waals surface area (Å²) in [6.07, 6.45) is 2.58. The number of likely N-dealkylation sites (N-methyl/N-ethyl adjacent to an activating group) is 1. The summed E-state index contributed by atoms with van der Waals surface area (Å²) in [5, 5.41) is 6.75. The van der Waals surface area contributed by atoms with Crippen molar-refractivity contribution < 1.29 is 0 Å². The van der Waals surface area contributed by atoms with Crippen LogP contribution >= 0.6 is 0 Å². The molecule has 0 bridgehead atoms. The van der Waals surface area contributed by atoms with Gasteiger partial charge in [0.2, 0.25) is 0 Å². The molecule has 1 fully saturated rings. The highest BCUT2D eigenvalue weighted by Crippen LogP contribution is 2.18. The van der Waals surface area contributed by atoms with E-state index in [0.29, 0.717) is 12.1 Å². The average Bonchev–Trinajstić information content (AvgIpc) is 3.12. The molecule has 0 spiro atoms. The lowest BCUT2D eigenvalue weighted by atomic mass is 10.3. The van der Waals surface area contributed by atoms with Crippen LogP contribution in [0.2, 0.25) is 0 Å². The monoisotopic (exact) mass is 240 g/mol. The number of guanidine groups is 1. The Bertz CT molecular complexity index is 232. The van der Waals surface area contributed by atoms with Crippen molar-refractivity contribution in [2.75, 3.05) is 26.2 Å². The Hall–Kier alpha value is -0.770. The van der Waals surface area contributed by atoms with Crippen molar-refractivity contribution in [3.63, 3.8) is 0 Å². The van der Waals surface area contributed by atoms with Crippen LogP contribution in [0.15, 0.2) is 4.99 Å². The van der Waals surface area contributed by atoms with Gasteiger partial charge in [0, 0.05) is 18.6 Å². The number of hydrogen-bond acceptors (Lipinski definition) is 2. The molecule has 17 heavy (non-hydrogen) atoms. The van der Waals surface area contributed by atoms with Gasteiger partial charge >= 0.3 is 0 Å². The summed E-state index contributed by atoms with van der Waals surface area (Å²) in [7, 11) is 0. The van der Waals surface area contributed by atoms with Crippen molar-refractivity contribution in [1.29, 1.82) is 0 Å². The molecule has 1 unspecified atom stereocenters. The molecule has 0 aliphatic heterocycles. The standard InChI is InChI=1S/C13H28N4/c1-5-14-13(16-12-8-9-12)15-10-11(4)17(6-2)7-3/h11-12H,5-10H2,1-4H3,(H2,14,15,16). The van der Waals surface area contributed by atoms with Crippen LogP contribution in [0, 0.1) is 0 Å². The molecule has 0 saturated heterocycles. The normalized spacial score (nSPS) is 18.3. The molecule has 1 saturated carbocycles. The molecule has 1 rings (SSSR count). The molecule has 0 aromatic rings. The van der Waals surface area contributed by atoms with Crippen LogP contribution in [0.3, 0.4) is 0 Å². The zero-order chi connectivity index (χ0) is 12.7. The third-order valence-electron chi connectivity index (χ3n) is 3.21. The maximum Gasteiger partial charge on any atom is 0.191 e. The first-order valence-corrected chi connectivity index (χ1v) is 7.00. The quantitative estimate of drug-likeness (QED) is 0.522. The van der Waals surface area contributed by atoms with E-state index in [2.05, 4.69) is 48.2 Å². The van der Waals surface area contributed by atoms with Crippen molar-refractivity contribution in [2.24, 2.45) is 4.99 Å². The van der Waals surface area contributed by atoms with Crippen molar-refractivity contribution >= 4 is 5.96 Å². The molecule has 2 N–H and O–H groups in total. The van der Waals surface area contributed by atoms with E-state index in [0.717, 1.165) is 32.1 Å². The minimum Gasteiger partial charge on any atom is -0.357 e. The van der Waals surface area contributed by atoms with Crippen LogP contribution in [0.25, 0.3) is 0 Å². The van der Waals surface area contributed by atoms with Crippen LogP contribution in [0.1, 0.15) is 40.5 Å². The zero-order valence-corrected chi connectivity index (χ0v) is 11.8. The van der Waals surface area contributed by atoms with Crippen molar-refractivity contribution in [1.82, 2.24) is 15.5 Å². The van der Waals surface area contributed by atoms with Gasteiger partial charge in [-0.1, -0.05) is 13.8 Å². The molecule has 1 atom stereocenters. The molecule has 0 heterocycles. The smallest absolute Gasteiger partial charge is 0.191 e. The second-order valence-corrected chi connectivity index (χ2v) is 4.71. The minimum absolute atomic E-state index is 0.514. The minimum atomic E-state index is 0.514. The molecule has 0 amide bonds. The summed E-state index contributed by atoms with van der Waals surface area (Å²) in [5.74, 6) is 0.981. The predicted molar refractivity (Wildman–Crippen MR) is 74.5 cm³/mol. The second-order valence-electron chi connectivity index (χ2n) is 4.71. The number of hydrogen-bond donors (Lipinski definition) is 2. The van der Waals surface area contributed by atoms with Gasteiger partial charge in [-0.3, -0.25) is 9.89 Å². The summed E-state index contributed by atoms with van der Waals surface area (Å²) >= 11 is 0. The van der Waals surface area contributed by atoms with Crippen LogP contribution in [0.5, 0.6) is 0 Å². The fraction of sp³-hybridized carbons (Fsp3) is 0.923. The van der Waals surface area contributed by atoms with Gasteiger partial charge in [-0.2, -0.15) is 0 Å². The Morgan fingerprint density at radius 1 is 1.29 bits per heavy atom. The molecule has 0 aromatic carbocycles. The largest absolute Gasteiger partial charge is 0.357 e. The van der Waals surface area contributed by atoms with Gasteiger partial charge in [0.1, 0.15) is 0 Å². The Labute approximate surface area is 106 Å². The number of nitrogens with zero attached hydrogens (tertiary/aromatic N) is 2. The summed E-state index contributed by atoms with van der Waals surface area (Å²) in [6, 6.07) is 1.18. The highest BCUT2D eigenvalue weighted by Gasteiger charge is 2.22. The third kappa shape index (κ3) is 5.39. The van der Waals surface area contributed by atoms with Gasteiger partial charge in [-0.05, 0) is 39.8 Å². The SMILES string of the molecule is CCNC(=NCC(C)N(CC)CC)NC1CC1. The van der Waals surface area contributed by atoms with E-state index in [1.54, 1.807) is 0 Å². The number of rotatable bonds is 7. The van der Waals surface area contributed by atoms with Crippen LogP contribution in [-0.4, -0.2) is 49.1 Å². The molecular weight excluding hydrogens is 212 g/mol. The third-order valence-corrected chi connectivity index (χ3v) is 3.21. The zero-order valence-electron chi connectivity index (χ0n) is 11.8. The Kier molecular flexibility index (Phi) is 6.34. The number of nitrogens with one attached hydrogen (secondary N) is 2. The summed E-state index contributed by atoms with van der Waals surface area (Å²) in [4.78, 5) is 7.10. The summed E-state index contributed by atoms with van der Waals surface area (Å²) in [5.41, 5.74) is 0. The lowest BCUT2D eigenvalue weighted by molar-refractivity contribution is 0.237. The molecule has 0 radical (unpaired) electrons. The van der Waals surface area contributed by atoms with Crippen molar-refractivity contribution in [2.45, 2.75) is 52.6 Å². The van der Waals surface area contributed by atoms with Gasteiger partial charge in [-0.25, -0.2) is 0 Å². The van der Waals surface area contributed by atoms with Gasteiger partial charge in [-0.15, -0.1) is 0 Å². The van der Waals surface area contributed by atoms with Crippen LogP contribution in [-0.2, 0) is 0 Å². The predicted octanol–water partition coefficient (Wildman–Crippen LogP) is 1.43. The Balaban J connectivity index is 2.39. The summed E-state index contributed by atoms with van der Waals surface area (Å²) < 4.78 is 0. The fourth-order valence-corrected chi connectivity index (χ4v) is 1.93. The van der Waals surface area contributed by atoms with E-state index >= 15 is 0 Å². The first kappa shape index (κ1) is 14.3. The lowest BCUT2D eigenvalue weighted by Gasteiger charge is -2.25. The van der Waals surface area contributed by atoms with Crippen LogP contribution in [0.4, 0.5) is 0 Å². The second kappa shape index (κ2) is 7.54.